The van der Waals surface area contributed by atoms with Gasteiger partial charge >= 0.3 is 6.03 Å². The second kappa shape index (κ2) is 6.04. The molecule has 0 aromatic carbocycles. The van der Waals surface area contributed by atoms with Crippen molar-refractivity contribution < 1.29 is 9.59 Å². The molecule has 4 N–H and O–H groups in total. The van der Waals surface area contributed by atoms with Gasteiger partial charge < -0.3 is 21.3 Å². The number of hydrogen-bond acceptors (Lipinski definition) is 3. The van der Waals surface area contributed by atoms with Gasteiger partial charge in [0.2, 0.25) is 5.91 Å². The van der Waals surface area contributed by atoms with E-state index in [0.29, 0.717) is 19.0 Å². The van der Waals surface area contributed by atoms with E-state index in [9.17, 15) is 9.59 Å². The summed E-state index contributed by atoms with van der Waals surface area (Å²) in [5, 5.41) is 6.15. The van der Waals surface area contributed by atoms with Crippen LogP contribution in [0.25, 0.3) is 0 Å². The van der Waals surface area contributed by atoms with E-state index in [4.69, 9.17) is 5.73 Å². The number of carbonyl (C=O) groups excluding carboxylic acids is 2. The Labute approximate surface area is 107 Å². The first-order valence-corrected chi connectivity index (χ1v) is 6.72. The summed E-state index contributed by atoms with van der Waals surface area (Å²) in [6.07, 6.45) is 3.99. The van der Waals surface area contributed by atoms with E-state index in [1.807, 2.05) is 0 Å². The molecule has 0 aromatic rings. The van der Waals surface area contributed by atoms with Gasteiger partial charge in [-0.15, -0.1) is 0 Å². The molecule has 0 bridgehead atoms. The number of amides is 3. The SMILES string of the molecule is NC(=O)N1CCCC(CNC(=O)C2CCCN2)C1. The second-order valence-electron chi connectivity index (χ2n) is 5.19. The minimum Gasteiger partial charge on any atom is -0.354 e. The van der Waals surface area contributed by atoms with Crippen molar-refractivity contribution in [3.8, 4) is 0 Å². The molecule has 2 saturated heterocycles. The Balaban J connectivity index is 1.72. The molecular weight excluding hydrogens is 232 g/mol. The molecule has 2 fully saturated rings. The van der Waals surface area contributed by atoms with Gasteiger partial charge in [0.05, 0.1) is 6.04 Å². The Morgan fingerprint density at radius 1 is 1.33 bits per heavy atom. The van der Waals surface area contributed by atoms with Crippen LogP contribution < -0.4 is 16.4 Å². The largest absolute Gasteiger partial charge is 0.354 e. The van der Waals surface area contributed by atoms with Crippen molar-refractivity contribution in [3.63, 3.8) is 0 Å². The fourth-order valence-electron chi connectivity index (χ4n) is 2.71. The Kier molecular flexibility index (Phi) is 4.41. The molecule has 2 aliphatic rings. The number of nitrogens with zero attached hydrogens (tertiary/aromatic N) is 1. The third-order valence-electron chi connectivity index (χ3n) is 3.77. The highest BCUT2D eigenvalue weighted by Gasteiger charge is 2.25. The molecule has 0 spiro atoms. The minimum atomic E-state index is -0.358. The molecule has 2 rings (SSSR count). The van der Waals surface area contributed by atoms with E-state index in [1.54, 1.807) is 4.90 Å². The lowest BCUT2D eigenvalue weighted by molar-refractivity contribution is -0.123. The van der Waals surface area contributed by atoms with E-state index in [1.165, 1.54) is 0 Å². The maximum atomic E-state index is 11.8. The van der Waals surface area contributed by atoms with Crippen LogP contribution in [-0.2, 0) is 4.79 Å². The highest BCUT2D eigenvalue weighted by atomic mass is 16.2. The number of likely N-dealkylation sites (tertiary alicyclic amines) is 1. The van der Waals surface area contributed by atoms with Gasteiger partial charge in [0.1, 0.15) is 0 Å². The van der Waals surface area contributed by atoms with Crippen LogP contribution in [0.5, 0.6) is 0 Å². The van der Waals surface area contributed by atoms with Crippen molar-refractivity contribution >= 4 is 11.9 Å². The minimum absolute atomic E-state index is 0.0270. The molecule has 102 valence electrons. The van der Waals surface area contributed by atoms with Crippen LogP contribution in [0.2, 0.25) is 0 Å². The molecule has 0 radical (unpaired) electrons. The number of urea groups is 1. The average Bonchev–Trinajstić information content (AvgIpc) is 2.90. The Bertz CT molecular complexity index is 315. The lowest BCUT2D eigenvalue weighted by Crippen LogP contribution is -2.47. The molecule has 0 aliphatic carbocycles. The number of primary amides is 1. The summed E-state index contributed by atoms with van der Waals surface area (Å²) in [6.45, 7) is 2.97. The lowest BCUT2D eigenvalue weighted by Gasteiger charge is -2.31. The van der Waals surface area contributed by atoms with Gasteiger partial charge in [0.15, 0.2) is 0 Å². The van der Waals surface area contributed by atoms with Crippen LogP contribution >= 0.6 is 0 Å². The van der Waals surface area contributed by atoms with Crippen LogP contribution in [0, 0.1) is 5.92 Å². The summed E-state index contributed by atoms with van der Waals surface area (Å²) in [5.41, 5.74) is 5.27. The summed E-state index contributed by atoms with van der Waals surface area (Å²) in [4.78, 5) is 24.6. The molecular formula is C12H22N4O2. The van der Waals surface area contributed by atoms with E-state index in [0.717, 1.165) is 38.8 Å². The first kappa shape index (κ1) is 13.1. The summed E-state index contributed by atoms with van der Waals surface area (Å²) in [5.74, 6) is 0.417. The van der Waals surface area contributed by atoms with E-state index in [-0.39, 0.29) is 18.0 Å². The third-order valence-corrected chi connectivity index (χ3v) is 3.77. The summed E-state index contributed by atoms with van der Waals surface area (Å²) in [6, 6.07) is -0.385. The van der Waals surface area contributed by atoms with Crippen molar-refractivity contribution in [1.82, 2.24) is 15.5 Å². The standard InChI is InChI=1S/C12H22N4O2/c13-12(18)16-6-2-3-9(8-16)7-15-11(17)10-4-1-5-14-10/h9-10,14H,1-8H2,(H2,13,18)(H,15,17). The third kappa shape index (κ3) is 3.35. The van der Waals surface area contributed by atoms with Crippen LogP contribution in [0.4, 0.5) is 4.79 Å². The average molecular weight is 254 g/mol. The number of nitrogens with one attached hydrogen (secondary N) is 2. The topological polar surface area (TPSA) is 87.5 Å². The zero-order chi connectivity index (χ0) is 13.0. The van der Waals surface area contributed by atoms with Crippen LogP contribution in [0.1, 0.15) is 25.7 Å². The number of nitrogens with two attached hydrogens (primary N) is 1. The first-order valence-electron chi connectivity index (χ1n) is 6.72. The first-order chi connectivity index (χ1) is 8.66. The van der Waals surface area contributed by atoms with Gasteiger partial charge in [-0.25, -0.2) is 4.79 Å². The quantitative estimate of drug-likeness (QED) is 0.643. The summed E-state index contributed by atoms with van der Waals surface area (Å²) >= 11 is 0. The maximum Gasteiger partial charge on any atom is 0.314 e. The Hall–Kier alpha value is -1.30. The van der Waals surface area contributed by atoms with Crippen molar-refractivity contribution in [3.05, 3.63) is 0 Å². The van der Waals surface area contributed by atoms with Crippen molar-refractivity contribution in [1.29, 1.82) is 0 Å². The zero-order valence-corrected chi connectivity index (χ0v) is 10.7. The van der Waals surface area contributed by atoms with Crippen molar-refractivity contribution in [2.75, 3.05) is 26.2 Å². The normalized spacial score (nSPS) is 28.1. The summed E-state index contributed by atoms with van der Waals surface area (Å²) in [7, 11) is 0. The molecule has 6 heteroatoms. The predicted molar refractivity (Wildman–Crippen MR) is 67.9 cm³/mol. The van der Waals surface area contributed by atoms with E-state index < -0.39 is 0 Å². The molecule has 2 aliphatic heterocycles. The van der Waals surface area contributed by atoms with Gasteiger partial charge in [-0.05, 0) is 38.1 Å². The molecule has 3 amide bonds. The fraction of sp³-hybridized carbons (Fsp3) is 0.833. The predicted octanol–water partition coefficient (Wildman–Crippen LogP) is -0.355. The maximum absolute atomic E-state index is 11.8. The van der Waals surface area contributed by atoms with Gasteiger partial charge in [0, 0.05) is 19.6 Å². The van der Waals surface area contributed by atoms with E-state index in [2.05, 4.69) is 10.6 Å². The van der Waals surface area contributed by atoms with Crippen LogP contribution in [-0.4, -0.2) is 49.1 Å². The van der Waals surface area contributed by atoms with Gasteiger partial charge in [-0.1, -0.05) is 0 Å². The smallest absolute Gasteiger partial charge is 0.314 e. The fourth-order valence-corrected chi connectivity index (χ4v) is 2.71. The monoisotopic (exact) mass is 254 g/mol. The molecule has 2 heterocycles. The van der Waals surface area contributed by atoms with Gasteiger partial charge in [0.25, 0.3) is 0 Å². The molecule has 0 aromatic heterocycles. The number of carbonyl (C=O) groups is 2. The van der Waals surface area contributed by atoms with Crippen LogP contribution in [0.3, 0.4) is 0 Å². The Morgan fingerprint density at radius 3 is 2.83 bits per heavy atom. The number of piperidine rings is 1. The highest BCUT2D eigenvalue weighted by Crippen LogP contribution is 2.15. The highest BCUT2D eigenvalue weighted by molar-refractivity contribution is 5.82. The zero-order valence-electron chi connectivity index (χ0n) is 10.7. The molecule has 2 unspecified atom stereocenters. The molecule has 0 saturated carbocycles. The lowest BCUT2D eigenvalue weighted by atomic mass is 9.98. The van der Waals surface area contributed by atoms with E-state index >= 15 is 0 Å². The van der Waals surface area contributed by atoms with Crippen molar-refractivity contribution in [2.24, 2.45) is 11.7 Å². The molecule has 2 atom stereocenters. The molecule has 18 heavy (non-hydrogen) atoms. The summed E-state index contributed by atoms with van der Waals surface area (Å²) < 4.78 is 0. The van der Waals surface area contributed by atoms with Crippen molar-refractivity contribution in [2.45, 2.75) is 31.7 Å². The number of hydrogen-bond donors (Lipinski definition) is 3. The van der Waals surface area contributed by atoms with Gasteiger partial charge in [-0.2, -0.15) is 0 Å². The molecule has 6 nitrogen and oxygen atoms in total. The Morgan fingerprint density at radius 2 is 2.17 bits per heavy atom. The van der Waals surface area contributed by atoms with Crippen LogP contribution in [0.15, 0.2) is 0 Å². The van der Waals surface area contributed by atoms with Gasteiger partial charge in [-0.3, -0.25) is 4.79 Å². The number of rotatable bonds is 3. The second-order valence-corrected chi connectivity index (χ2v) is 5.19.